The van der Waals surface area contributed by atoms with Crippen LogP contribution in [-0.2, 0) is 6.42 Å². The molecule has 0 aliphatic carbocycles. The summed E-state index contributed by atoms with van der Waals surface area (Å²) in [6.45, 7) is 2.85. The summed E-state index contributed by atoms with van der Waals surface area (Å²) in [6.07, 6.45) is 2.96. The summed E-state index contributed by atoms with van der Waals surface area (Å²) in [5.41, 5.74) is 8.50. The topological polar surface area (TPSA) is 44.5 Å². The van der Waals surface area contributed by atoms with Crippen LogP contribution < -0.4 is 15.2 Å². The molecule has 0 radical (unpaired) electrons. The average Bonchev–Trinajstić information content (AvgIpc) is 2.50. The number of benzene rings is 1. The second kappa shape index (κ2) is 4.74. The molecule has 1 heterocycles. The van der Waals surface area contributed by atoms with Crippen LogP contribution in [0, 0.1) is 0 Å². The minimum Gasteiger partial charge on any atom is -0.493 e. The average molecular weight is 221 g/mol. The van der Waals surface area contributed by atoms with Gasteiger partial charge in [0.05, 0.1) is 13.7 Å². The molecule has 1 unspecified atom stereocenters. The van der Waals surface area contributed by atoms with E-state index in [4.69, 9.17) is 15.2 Å². The third-order valence-electron chi connectivity index (χ3n) is 3.08. The van der Waals surface area contributed by atoms with E-state index in [1.807, 2.05) is 6.07 Å². The van der Waals surface area contributed by atoms with Gasteiger partial charge in [-0.3, -0.25) is 0 Å². The number of ether oxygens (including phenoxy) is 2. The summed E-state index contributed by atoms with van der Waals surface area (Å²) in [7, 11) is 1.68. The van der Waals surface area contributed by atoms with E-state index < -0.39 is 0 Å². The lowest BCUT2D eigenvalue weighted by atomic mass is 9.99. The van der Waals surface area contributed by atoms with Crippen LogP contribution in [0.4, 0.5) is 0 Å². The molecule has 0 amide bonds. The Morgan fingerprint density at radius 2 is 2.31 bits per heavy atom. The van der Waals surface area contributed by atoms with Crippen molar-refractivity contribution in [2.24, 2.45) is 5.73 Å². The number of nitrogens with two attached hydrogens (primary N) is 1. The zero-order valence-electron chi connectivity index (χ0n) is 9.95. The van der Waals surface area contributed by atoms with Gasteiger partial charge in [0.15, 0.2) is 11.5 Å². The van der Waals surface area contributed by atoms with Gasteiger partial charge in [0.1, 0.15) is 0 Å². The van der Waals surface area contributed by atoms with E-state index in [1.165, 1.54) is 5.56 Å². The van der Waals surface area contributed by atoms with Gasteiger partial charge in [-0.05, 0) is 30.9 Å². The van der Waals surface area contributed by atoms with Gasteiger partial charge in [0, 0.05) is 11.6 Å². The van der Waals surface area contributed by atoms with Crippen LogP contribution in [0.25, 0.3) is 0 Å². The Labute approximate surface area is 96.5 Å². The van der Waals surface area contributed by atoms with E-state index in [1.54, 1.807) is 7.11 Å². The van der Waals surface area contributed by atoms with Crippen molar-refractivity contribution in [3.05, 3.63) is 23.3 Å². The molecule has 2 rings (SSSR count). The van der Waals surface area contributed by atoms with Crippen molar-refractivity contribution >= 4 is 0 Å². The van der Waals surface area contributed by atoms with Crippen LogP contribution >= 0.6 is 0 Å². The Kier molecular flexibility index (Phi) is 3.34. The fourth-order valence-corrected chi connectivity index (χ4v) is 2.10. The van der Waals surface area contributed by atoms with Crippen LogP contribution in [-0.4, -0.2) is 13.7 Å². The van der Waals surface area contributed by atoms with Gasteiger partial charge in [0.25, 0.3) is 0 Å². The van der Waals surface area contributed by atoms with E-state index in [0.717, 1.165) is 42.9 Å². The number of fused-ring (bicyclic) bond motifs is 1. The highest BCUT2D eigenvalue weighted by molar-refractivity contribution is 5.51. The summed E-state index contributed by atoms with van der Waals surface area (Å²) < 4.78 is 11.1. The van der Waals surface area contributed by atoms with E-state index in [0.29, 0.717) is 0 Å². The summed E-state index contributed by atoms with van der Waals surface area (Å²) >= 11 is 0. The van der Waals surface area contributed by atoms with Crippen molar-refractivity contribution in [1.82, 2.24) is 0 Å². The van der Waals surface area contributed by atoms with Crippen LogP contribution in [0.15, 0.2) is 12.1 Å². The Morgan fingerprint density at radius 3 is 3.00 bits per heavy atom. The highest BCUT2D eigenvalue weighted by Gasteiger charge is 2.20. The molecule has 0 fully saturated rings. The molecule has 1 atom stereocenters. The lowest BCUT2D eigenvalue weighted by molar-refractivity contribution is 0.294. The fourth-order valence-electron chi connectivity index (χ4n) is 2.10. The van der Waals surface area contributed by atoms with E-state index in [9.17, 15) is 0 Å². The highest BCUT2D eigenvalue weighted by atomic mass is 16.5. The fraction of sp³-hybridized carbons (Fsp3) is 0.538. The molecule has 0 aromatic heterocycles. The zero-order valence-corrected chi connectivity index (χ0v) is 9.95. The number of rotatable bonds is 2. The van der Waals surface area contributed by atoms with Gasteiger partial charge in [-0.1, -0.05) is 13.0 Å². The first-order chi connectivity index (χ1) is 7.76. The third-order valence-corrected chi connectivity index (χ3v) is 3.08. The Balaban J connectivity index is 2.51. The monoisotopic (exact) mass is 221 g/mol. The minimum atomic E-state index is 0.0675. The first kappa shape index (κ1) is 11.3. The molecule has 0 saturated heterocycles. The Morgan fingerprint density at radius 1 is 1.50 bits per heavy atom. The minimum absolute atomic E-state index is 0.0675. The van der Waals surface area contributed by atoms with Gasteiger partial charge in [0.2, 0.25) is 0 Å². The number of hydrogen-bond donors (Lipinski definition) is 1. The van der Waals surface area contributed by atoms with E-state index in [-0.39, 0.29) is 6.04 Å². The molecule has 3 heteroatoms. The molecule has 0 spiro atoms. The first-order valence-corrected chi connectivity index (χ1v) is 5.85. The lowest BCUT2D eigenvalue weighted by Crippen LogP contribution is -2.10. The van der Waals surface area contributed by atoms with E-state index >= 15 is 0 Å². The zero-order chi connectivity index (χ0) is 11.5. The Hall–Kier alpha value is -1.22. The molecule has 1 aliphatic rings. The summed E-state index contributed by atoms with van der Waals surface area (Å²) in [4.78, 5) is 0. The molecule has 1 aromatic carbocycles. The quantitative estimate of drug-likeness (QED) is 0.834. The van der Waals surface area contributed by atoms with Gasteiger partial charge in [-0.2, -0.15) is 0 Å². The number of methoxy groups -OCH3 is 1. The maximum Gasteiger partial charge on any atom is 0.165 e. The molecule has 3 nitrogen and oxygen atoms in total. The van der Waals surface area contributed by atoms with Crippen molar-refractivity contribution in [3.8, 4) is 11.5 Å². The summed E-state index contributed by atoms with van der Waals surface area (Å²) in [6, 6.07) is 4.25. The van der Waals surface area contributed by atoms with E-state index in [2.05, 4.69) is 13.0 Å². The molecular weight excluding hydrogens is 202 g/mol. The van der Waals surface area contributed by atoms with Crippen molar-refractivity contribution in [2.75, 3.05) is 13.7 Å². The van der Waals surface area contributed by atoms with Crippen LogP contribution in [0.3, 0.4) is 0 Å². The van der Waals surface area contributed by atoms with Crippen molar-refractivity contribution in [3.63, 3.8) is 0 Å². The molecule has 88 valence electrons. The van der Waals surface area contributed by atoms with Gasteiger partial charge >= 0.3 is 0 Å². The number of hydrogen-bond acceptors (Lipinski definition) is 3. The Bertz CT molecular complexity index is 376. The maximum absolute atomic E-state index is 6.16. The molecule has 2 N–H and O–H groups in total. The SMILES string of the molecule is CCc1cc(OC)c2c(c1)C(N)CCCO2. The molecule has 0 bridgehead atoms. The van der Waals surface area contributed by atoms with Gasteiger partial charge in [-0.25, -0.2) is 0 Å². The molecule has 16 heavy (non-hydrogen) atoms. The molecule has 0 saturated carbocycles. The van der Waals surface area contributed by atoms with Crippen molar-refractivity contribution < 1.29 is 9.47 Å². The second-order valence-electron chi connectivity index (χ2n) is 4.17. The van der Waals surface area contributed by atoms with Crippen LogP contribution in [0.1, 0.15) is 36.9 Å². The summed E-state index contributed by atoms with van der Waals surface area (Å²) in [5.74, 6) is 1.65. The lowest BCUT2D eigenvalue weighted by Gasteiger charge is -2.16. The predicted molar refractivity (Wildman–Crippen MR) is 64.0 cm³/mol. The normalized spacial score (nSPS) is 19.6. The van der Waals surface area contributed by atoms with Crippen LogP contribution in [0.5, 0.6) is 11.5 Å². The highest BCUT2D eigenvalue weighted by Crippen LogP contribution is 2.39. The summed E-state index contributed by atoms with van der Waals surface area (Å²) in [5, 5.41) is 0. The smallest absolute Gasteiger partial charge is 0.165 e. The predicted octanol–water partition coefficient (Wildman–Crippen LogP) is 2.43. The van der Waals surface area contributed by atoms with Gasteiger partial charge in [-0.15, -0.1) is 0 Å². The van der Waals surface area contributed by atoms with Crippen molar-refractivity contribution in [1.29, 1.82) is 0 Å². The largest absolute Gasteiger partial charge is 0.493 e. The number of aryl methyl sites for hydroxylation is 1. The van der Waals surface area contributed by atoms with Crippen molar-refractivity contribution in [2.45, 2.75) is 32.2 Å². The third kappa shape index (κ3) is 2.00. The molecule has 1 aromatic rings. The maximum atomic E-state index is 6.16. The van der Waals surface area contributed by atoms with Gasteiger partial charge < -0.3 is 15.2 Å². The molecule has 1 aliphatic heterocycles. The standard InChI is InChI=1S/C13H19NO2/c1-3-9-7-10-11(14)5-4-6-16-13(10)12(8-9)15-2/h7-8,11H,3-6,14H2,1-2H3. The first-order valence-electron chi connectivity index (χ1n) is 5.85. The van der Waals surface area contributed by atoms with Crippen LogP contribution in [0.2, 0.25) is 0 Å². The molecular formula is C13H19NO2. The second-order valence-corrected chi connectivity index (χ2v) is 4.17.